The summed E-state index contributed by atoms with van der Waals surface area (Å²) in [5.41, 5.74) is 4.02. The van der Waals surface area contributed by atoms with Gasteiger partial charge in [-0.2, -0.15) is 0 Å². The Bertz CT molecular complexity index is 1030. The molecule has 0 bridgehead atoms. The van der Waals surface area contributed by atoms with Crippen LogP contribution in [0.5, 0.6) is 0 Å². The first-order chi connectivity index (χ1) is 13.1. The maximum Gasteiger partial charge on any atom is 0.270 e. The average Bonchev–Trinajstić information content (AvgIpc) is 3.36. The molecule has 28 heavy (non-hydrogen) atoms. The summed E-state index contributed by atoms with van der Waals surface area (Å²) in [6.07, 6.45) is 0. The van der Waals surface area contributed by atoms with E-state index in [0.29, 0.717) is 22.6 Å². The number of benzene rings is 2. The SMILES string of the molecule is Cc1ccccc1[C@@H]1[C@H]2CNC[C@H]2CN1C(=O)c1cc2c(Cl)cccc2[nH]1.Cl. The second-order valence-electron chi connectivity index (χ2n) is 7.73. The highest BCUT2D eigenvalue weighted by Gasteiger charge is 2.47. The van der Waals surface area contributed by atoms with Gasteiger partial charge in [0, 0.05) is 41.5 Å². The van der Waals surface area contributed by atoms with Crippen LogP contribution in [0.4, 0.5) is 0 Å². The van der Waals surface area contributed by atoms with Crippen LogP contribution >= 0.6 is 24.0 Å². The lowest BCUT2D eigenvalue weighted by Gasteiger charge is -2.29. The Morgan fingerprint density at radius 1 is 1.14 bits per heavy atom. The van der Waals surface area contributed by atoms with E-state index in [1.807, 2.05) is 24.3 Å². The van der Waals surface area contributed by atoms with Gasteiger partial charge in [-0.25, -0.2) is 0 Å². The molecule has 2 aliphatic heterocycles. The van der Waals surface area contributed by atoms with Crippen LogP contribution in [-0.2, 0) is 0 Å². The van der Waals surface area contributed by atoms with Crippen molar-refractivity contribution in [2.75, 3.05) is 19.6 Å². The van der Waals surface area contributed by atoms with Crippen molar-refractivity contribution in [1.82, 2.24) is 15.2 Å². The van der Waals surface area contributed by atoms with Crippen molar-refractivity contribution in [3.63, 3.8) is 0 Å². The third kappa shape index (κ3) is 3.00. The Morgan fingerprint density at radius 2 is 1.96 bits per heavy atom. The molecule has 0 radical (unpaired) electrons. The Morgan fingerprint density at radius 3 is 2.75 bits per heavy atom. The number of aromatic amines is 1. The van der Waals surface area contributed by atoms with E-state index in [9.17, 15) is 4.79 Å². The monoisotopic (exact) mass is 415 g/mol. The number of aryl methyl sites for hydroxylation is 1. The Labute approximate surface area is 175 Å². The second-order valence-corrected chi connectivity index (χ2v) is 8.13. The van der Waals surface area contributed by atoms with Gasteiger partial charge in [-0.1, -0.05) is 41.9 Å². The van der Waals surface area contributed by atoms with Crippen LogP contribution in [0, 0.1) is 18.8 Å². The zero-order valence-electron chi connectivity index (χ0n) is 15.6. The predicted octanol–water partition coefficient (Wildman–Crippen LogP) is 4.58. The van der Waals surface area contributed by atoms with E-state index in [1.54, 1.807) is 0 Å². The van der Waals surface area contributed by atoms with Crippen LogP contribution in [0.2, 0.25) is 5.02 Å². The first-order valence-electron chi connectivity index (χ1n) is 9.48. The zero-order valence-corrected chi connectivity index (χ0v) is 17.2. The van der Waals surface area contributed by atoms with Crippen molar-refractivity contribution in [3.05, 3.63) is 70.4 Å². The van der Waals surface area contributed by atoms with Crippen molar-refractivity contribution >= 4 is 40.8 Å². The summed E-state index contributed by atoms with van der Waals surface area (Å²) in [6, 6.07) is 16.2. The number of H-pyrrole nitrogens is 1. The number of likely N-dealkylation sites (tertiary alicyclic amines) is 1. The molecule has 0 unspecified atom stereocenters. The van der Waals surface area contributed by atoms with E-state index >= 15 is 0 Å². The van der Waals surface area contributed by atoms with E-state index in [2.05, 4.69) is 46.4 Å². The van der Waals surface area contributed by atoms with Gasteiger partial charge in [-0.3, -0.25) is 4.79 Å². The fourth-order valence-corrected chi connectivity index (χ4v) is 5.06. The van der Waals surface area contributed by atoms with E-state index in [-0.39, 0.29) is 24.4 Å². The molecule has 0 saturated carbocycles. The number of carbonyl (C=O) groups is 1. The molecule has 1 amide bonds. The minimum absolute atomic E-state index is 0. The number of halogens is 2. The van der Waals surface area contributed by atoms with Gasteiger partial charge >= 0.3 is 0 Å². The number of nitrogens with one attached hydrogen (secondary N) is 2. The minimum Gasteiger partial charge on any atom is -0.350 e. The highest BCUT2D eigenvalue weighted by molar-refractivity contribution is 6.35. The Balaban J connectivity index is 0.00000192. The van der Waals surface area contributed by atoms with Crippen LogP contribution in [0.1, 0.15) is 27.7 Å². The molecule has 3 atom stereocenters. The number of carbonyl (C=O) groups excluding carboxylic acids is 1. The normalized spacial score (nSPS) is 23.6. The molecule has 3 heterocycles. The van der Waals surface area contributed by atoms with Crippen molar-refractivity contribution in [2.24, 2.45) is 11.8 Å². The molecular weight excluding hydrogens is 393 g/mol. The number of aromatic nitrogens is 1. The molecule has 1 aromatic heterocycles. The van der Waals surface area contributed by atoms with Gasteiger partial charge < -0.3 is 15.2 Å². The van der Waals surface area contributed by atoms with Gasteiger partial charge in [0.1, 0.15) is 5.69 Å². The van der Waals surface area contributed by atoms with Crippen LogP contribution in [0.3, 0.4) is 0 Å². The van der Waals surface area contributed by atoms with Gasteiger partial charge in [0.05, 0.1) is 6.04 Å². The lowest BCUT2D eigenvalue weighted by Crippen LogP contribution is -2.35. The van der Waals surface area contributed by atoms with E-state index in [4.69, 9.17) is 11.6 Å². The third-order valence-corrected chi connectivity index (χ3v) is 6.50. The van der Waals surface area contributed by atoms with Gasteiger partial charge in [-0.05, 0) is 42.2 Å². The lowest BCUT2D eigenvalue weighted by molar-refractivity contribution is 0.0708. The molecule has 4 nitrogen and oxygen atoms in total. The first kappa shape index (κ1) is 19.3. The van der Waals surface area contributed by atoms with E-state index in [0.717, 1.165) is 30.5 Å². The molecule has 5 rings (SSSR count). The summed E-state index contributed by atoms with van der Waals surface area (Å²) in [7, 11) is 0. The average molecular weight is 416 g/mol. The number of nitrogens with zero attached hydrogens (tertiary/aromatic N) is 1. The maximum atomic E-state index is 13.5. The second kappa shape index (κ2) is 7.43. The molecule has 2 N–H and O–H groups in total. The Hall–Kier alpha value is -2.01. The topological polar surface area (TPSA) is 48.1 Å². The largest absolute Gasteiger partial charge is 0.350 e. The van der Waals surface area contributed by atoms with Crippen molar-refractivity contribution in [1.29, 1.82) is 0 Å². The third-order valence-electron chi connectivity index (χ3n) is 6.17. The van der Waals surface area contributed by atoms with Gasteiger partial charge in [-0.15, -0.1) is 12.4 Å². The van der Waals surface area contributed by atoms with Gasteiger partial charge in [0.25, 0.3) is 5.91 Å². The molecule has 2 aliphatic rings. The summed E-state index contributed by atoms with van der Waals surface area (Å²) in [5, 5.41) is 5.07. The quantitative estimate of drug-likeness (QED) is 0.642. The zero-order chi connectivity index (χ0) is 18.5. The number of amides is 1. The van der Waals surface area contributed by atoms with E-state index in [1.165, 1.54) is 11.1 Å². The lowest BCUT2D eigenvalue weighted by atomic mass is 9.87. The van der Waals surface area contributed by atoms with Crippen LogP contribution in [0.15, 0.2) is 48.5 Å². The predicted molar refractivity (Wildman–Crippen MR) is 115 cm³/mol. The maximum absolute atomic E-state index is 13.5. The number of rotatable bonds is 2. The standard InChI is InChI=1S/C22H22ClN3O.ClH/c1-13-5-2-3-6-15(13)21-17-11-24-10-14(17)12-26(21)22(27)20-9-16-18(23)7-4-8-19(16)25-20;/h2-9,14,17,21,24-25H,10-12H2,1H3;1H/t14-,17-,21+;/m0./s1. The number of hydrogen-bond acceptors (Lipinski definition) is 2. The summed E-state index contributed by atoms with van der Waals surface area (Å²) < 4.78 is 0. The molecule has 2 fully saturated rings. The van der Waals surface area contributed by atoms with Crippen LogP contribution in [-0.4, -0.2) is 35.4 Å². The van der Waals surface area contributed by atoms with Crippen LogP contribution < -0.4 is 5.32 Å². The molecule has 0 aliphatic carbocycles. The molecule has 2 aromatic carbocycles. The van der Waals surface area contributed by atoms with Crippen LogP contribution in [0.25, 0.3) is 10.9 Å². The molecular formula is C22H23Cl2N3O. The Kier molecular flexibility index (Phi) is 5.13. The van der Waals surface area contributed by atoms with E-state index < -0.39 is 0 Å². The van der Waals surface area contributed by atoms with Crippen molar-refractivity contribution in [2.45, 2.75) is 13.0 Å². The molecule has 0 spiro atoms. The van der Waals surface area contributed by atoms with Crippen molar-refractivity contribution in [3.8, 4) is 0 Å². The fraction of sp³-hybridized carbons (Fsp3) is 0.318. The summed E-state index contributed by atoms with van der Waals surface area (Å²) in [4.78, 5) is 18.8. The number of fused-ring (bicyclic) bond motifs is 2. The minimum atomic E-state index is 0. The fourth-order valence-electron chi connectivity index (χ4n) is 4.83. The van der Waals surface area contributed by atoms with Gasteiger partial charge in [0.15, 0.2) is 0 Å². The smallest absolute Gasteiger partial charge is 0.270 e. The highest BCUT2D eigenvalue weighted by atomic mass is 35.5. The molecule has 6 heteroatoms. The summed E-state index contributed by atoms with van der Waals surface area (Å²) in [6.45, 7) is 4.87. The van der Waals surface area contributed by atoms with Gasteiger partial charge in [0.2, 0.25) is 0 Å². The first-order valence-corrected chi connectivity index (χ1v) is 9.86. The molecule has 3 aromatic rings. The molecule has 2 saturated heterocycles. The summed E-state index contributed by atoms with van der Waals surface area (Å²) in [5.74, 6) is 1.03. The molecule has 146 valence electrons. The summed E-state index contributed by atoms with van der Waals surface area (Å²) >= 11 is 6.30. The number of hydrogen-bond donors (Lipinski definition) is 2. The van der Waals surface area contributed by atoms with Crippen molar-refractivity contribution < 1.29 is 4.79 Å². The highest BCUT2D eigenvalue weighted by Crippen LogP contribution is 2.44.